The third-order valence-electron chi connectivity index (χ3n) is 6.33. The molecule has 1 fully saturated rings. The minimum Gasteiger partial charge on any atom is -0.497 e. The SMILES string of the molecule is COc1cccc(NC(=O)[C@@H](NC(=O)N2C[C@H]3C[C@@H](C2)c2cccc(=O)n2C3)C(C)C)c1. The van der Waals surface area contributed by atoms with Gasteiger partial charge in [-0.05, 0) is 36.5 Å². The van der Waals surface area contributed by atoms with Crippen LogP contribution in [0.1, 0.15) is 31.9 Å². The van der Waals surface area contributed by atoms with E-state index in [1.54, 1.807) is 48.4 Å². The molecule has 4 rings (SSSR count). The van der Waals surface area contributed by atoms with E-state index >= 15 is 0 Å². The Morgan fingerprint density at radius 1 is 1.09 bits per heavy atom. The average Bonchev–Trinajstić information content (AvgIpc) is 2.77. The summed E-state index contributed by atoms with van der Waals surface area (Å²) >= 11 is 0. The Morgan fingerprint density at radius 3 is 2.62 bits per heavy atom. The van der Waals surface area contributed by atoms with Crippen LogP contribution < -0.4 is 20.9 Å². The van der Waals surface area contributed by atoms with Crippen molar-refractivity contribution in [2.24, 2.45) is 11.8 Å². The second-order valence-electron chi connectivity index (χ2n) is 9.00. The number of amides is 3. The maximum Gasteiger partial charge on any atom is 0.318 e. The molecular formula is C24H30N4O4. The van der Waals surface area contributed by atoms with Gasteiger partial charge >= 0.3 is 6.03 Å². The average molecular weight is 439 g/mol. The van der Waals surface area contributed by atoms with Crippen molar-refractivity contribution < 1.29 is 14.3 Å². The summed E-state index contributed by atoms with van der Waals surface area (Å²) in [4.78, 5) is 40.1. The lowest BCUT2D eigenvalue weighted by molar-refractivity contribution is -0.118. The van der Waals surface area contributed by atoms with Crippen LogP contribution in [-0.2, 0) is 11.3 Å². The highest BCUT2D eigenvalue weighted by molar-refractivity contribution is 5.97. The molecule has 0 aliphatic carbocycles. The van der Waals surface area contributed by atoms with Crippen molar-refractivity contribution >= 4 is 17.6 Å². The van der Waals surface area contributed by atoms with Crippen molar-refractivity contribution in [2.45, 2.75) is 38.8 Å². The number of nitrogens with one attached hydrogen (secondary N) is 2. The van der Waals surface area contributed by atoms with Crippen LogP contribution in [0.4, 0.5) is 10.5 Å². The Kier molecular flexibility index (Phi) is 6.21. The number of methoxy groups -OCH3 is 1. The number of benzene rings is 1. The van der Waals surface area contributed by atoms with Gasteiger partial charge in [-0.1, -0.05) is 26.0 Å². The molecule has 3 atom stereocenters. The first-order valence-corrected chi connectivity index (χ1v) is 11.1. The number of hydrogen-bond donors (Lipinski definition) is 2. The van der Waals surface area contributed by atoms with E-state index < -0.39 is 6.04 Å². The molecule has 0 saturated carbocycles. The molecule has 0 unspecified atom stereocenters. The minimum absolute atomic E-state index is 0.0178. The number of aromatic nitrogens is 1. The predicted octanol–water partition coefficient (Wildman–Crippen LogP) is 2.65. The standard InChI is InChI=1S/C24H30N4O4/c1-15(2)22(23(30)25-18-6-4-7-19(11-18)32-3)26-24(31)27-12-16-10-17(14-27)20-8-5-9-21(29)28(20)13-16/h4-9,11,15-17,22H,10,12-14H2,1-3H3,(H,25,30)(H,26,31)/t16-,17+,22+/m1/s1. The number of nitrogens with zero attached hydrogens (tertiary/aromatic N) is 2. The van der Waals surface area contributed by atoms with E-state index in [2.05, 4.69) is 10.6 Å². The summed E-state index contributed by atoms with van der Waals surface area (Å²) in [6.07, 6.45) is 0.969. The number of fused-ring (bicyclic) bond motifs is 4. The van der Waals surface area contributed by atoms with E-state index in [1.807, 2.05) is 24.5 Å². The molecule has 0 radical (unpaired) electrons. The van der Waals surface area contributed by atoms with Crippen LogP contribution in [0.2, 0.25) is 0 Å². The van der Waals surface area contributed by atoms with Crippen LogP contribution >= 0.6 is 0 Å². The molecule has 2 N–H and O–H groups in total. The van der Waals surface area contributed by atoms with E-state index in [0.29, 0.717) is 31.1 Å². The summed E-state index contributed by atoms with van der Waals surface area (Å²) in [6, 6.07) is 11.5. The van der Waals surface area contributed by atoms with Crippen molar-refractivity contribution in [3.8, 4) is 5.75 Å². The highest BCUT2D eigenvalue weighted by Gasteiger charge is 2.37. The number of urea groups is 1. The number of pyridine rings is 1. The Hall–Kier alpha value is -3.29. The van der Waals surface area contributed by atoms with Crippen molar-refractivity contribution in [1.82, 2.24) is 14.8 Å². The van der Waals surface area contributed by atoms with Gasteiger partial charge in [-0.3, -0.25) is 9.59 Å². The van der Waals surface area contributed by atoms with Crippen LogP contribution in [0.3, 0.4) is 0 Å². The van der Waals surface area contributed by atoms with Crippen LogP contribution in [-0.4, -0.2) is 47.6 Å². The van der Waals surface area contributed by atoms with Gasteiger partial charge in [-0.15, -0.1) is 0 Å². The van der Waals surface area contributed by atoms with Crippen molar-refractivity contribution in [3.05, 3.63) is 58.5 Å². The molecule has 170 valence electrons. The maximum atomic E-state index is 13.1. The molecule has 3 heterocycles. The number of piperidine rings is 1. The fourth-order valence-corrected chi connectivity index (χ4v) is 4.74. The Bertz CT molecular complexity index is 1060. The zero-order valence-electron chi connectivity index (χ0n) is 18.7. The molecule has 1 saturated heterocycles. The fourth-order valence-electron chi connectivity index (χ4n) is 4.74. The Morgan fingerprint density at radius 2 is 1.88 bits per heavy atom. The fraction of sp³-hybridized carbons (Fsp3) is 0.458. The van der Waals surface area contributed by atoms with Gasteiger partial charge in [-0.2, -0.15) is 0 Å². The van der Waals surface area contributed by atoms with E-state index in [-0.39, 0.29) is 35.3 Å². The maximum absolute atomic E-state index is 13.1. The van der Waals surface area contributed by atoms with Crippen LogP contribution in [0, 0.1) is 11.8 Å². The van der Waals surface area contributed by atoms with Crippen molar-refractivity contribution in [1.29, 1.82) is 0 Å². The van der Waals surface area contributed by atoms with Crippen LogP contribution in [0.25, 0.3) is 0 Å². The normalized spacial score (nSPS) is 20.3. The largest absolute Gasteiger partial charge is 0.497 e. The first-order chi connectivity index (χ1) is 15.4. The van der Waals surface area contributed by atoms with Crippen LogP contribution in [0.5, 0.6) is 5.75 Å². The Balaban J connectivity index is 1.44. The second kappa shape index (κ2) is 9.06. The molecule has 8 heteroatoms. The van der Waals surface area contributed by atoms with Gasteiger partial charge in [0.2, 0.25) is 5.91 Å². The number of ether oxygens (including phenoxy) is 1. The first-order valence-electron chi connectivity index (χ1n) is 11.1. The lowest BCUT2D eigenvalue weighted by Gasteiger charge is -2.43. The van der Waals surface area contributed by atoms with Gasteiger partial charge < -0.3 is 24.8 Å². The molecule has 3 amide bonds. The van der Waals surface area contributed by atoms with E-state index in [4.69, 9.17) is 4.74 Å². The number of hydrogen-bond acceptors (Lipinski definition) is 4. The summed E-state index contributed by atoms with van der Waals surface area (Å²) in [5, 5.41) is 5.81. The zero-order chi connectivity index (χ0) is 22.8. The summed E-state index contributed by atoms with van der Waals surface area (Å²) < 4.78 is 7.05. The number of rotatable bonds is 5. The topological polar surface area (TPSA) is 92.7 Å². The van der Waals surface area contributed by atoms with E-state index in [1.165, 1.54) is 0 Å². The smallest absolute Gasteiger partial charge is 0.318 e. The van der Waals surface area contributed by atoms with Crippen LogP contribution in [0.15, 0.2) is 47.3 Å². The molecule has 8 nitrogen and oxygen atoms in total. The first kappa shape index (κ1) is 21.9. The van der Waals surface area contributed by atoms with Crippen molar-refractivity contribution in [2.75, 3.05) is 25.5 Å². The van der Waals surface area contributed by atoms with Crippen molar-refractivity contribution in [3.63, 3.8) is 0 Å². The highest BCUT2D eigenvalue weighted by Crippen LogP contribution is 2.35. The third-order valence-corrected chi connectivity index (χ3v) is 6.33. The molecule has 1 aromatic heterocycles. The van der Waals surface area contributed by atoms with Gasteiger partial charge in [0.15, 0.2) is 0 Å². The summed E-state index contributed by atoms with van der Waals surface area (Å²) in [6.45, 7) is 5.55. The van der Waals surface area contributed by atoms with Gasteiger partial charge in [0, 0.05) is 49.1 Å². The van der Waals surface area contributed by atoms with Gasteiger partial charge in [0.05, 0.1) is 7.11 Å². The molecule has 2 aliphatic rings. The lowest BCUT2D eigenvalue weighted by atomic mass is 9.83. The summed E-state index contributed by atoms with van der Waals surface area (Å²) in [5.74, 6) is 0.650. The molecule has 1 aromatic carbocycles. The number of anilines is 1. The molecular weight excluding hydrogens is 408 g/mol. The molecule has 0 spiro atoms. The molecule has 2 bridgehead atoms. The Labute approximate surface area is 187 Å². The predicted molar refractivity (Wildman–Crippen MR) is 122 cm³/mol. The van der Waals surface area contributed by atoms with Gasteiger partial charge in [0.25, 0.3) is 5.56 Å². The second-order valence-corrected chi connectivity index (χ2v) is 9.00. The minimum atomic E-state index is -0.676. The lowest BCUT2D eigenvalue weighted by Crippen LogP contribution is -2.56. The summed E-state index contributed by atoms with van der Waals surface area (Å²) in [5.41, 5.74) is 1.62. The zero-order valence-corrected chi connectivity index (χ0v) is 18.7. The quantitative estimate of drug-likeness (QED) is 0.751. The molecule has 2 aromatic rings. The third kappa shape index (κ3) is 4.49. The molecule has 2 aliphatic heterocycles. The van der Waals surface area contributed by atoms with E-state index in [0.717, 1.165) is 12.1 Å². The monoisotopic (exact) mass is 438 g/mol. The van der Waals surface area contributed by atoms with Gasteiger partial charge in [0.1, 0.15) is 11.8 Å². The van der Waals surface area contributed by atoms with E-state index in [9.17, 15) is 14.4 Å². The summed E-state index contributed by atoms with van der Waals surface area (Å²) in [7, 11) is 1.57. The number of carbonyl (C=O) groups excluding carboxylic acids is 2. The molecule has 32 heavy (non-hydrogen) atoms. The highest BCUT2D eigenvalue weighted by atomic mass is 16.5. The van der Waals surface area contributed by atoms with Gasteiger partial charge in [-0.25, -0.2) is 4.79 Å². The number of likely N-dealkylation sites (tertiary alicyclic amines) is 1. The number of carbonyl (C=O) groups is 2.